The number of rotatable bonds is 8. The molecule has 8 nitrogen and oxygen atoms in total. The maximum Gasteiger partial charge on any atom is 0.330 e. The standard InChI is InChI=1S/C20H28ClN5O3/c1-12(2)10-25(16(27)9-23-15-7-5-14(21)6-8-15)17-18(22)26(11-13(3)4)20(29)24-19(17)28/h5-8,12-13,23H,9-11,22H2,1-4H3,(H,24,28,29). The van der Waals surface area contributed by atoms with Crippen molar-refractivity contribution in [3.63, 3.8) is 0 Å². The maximum atomic E-state index is 13.0. The monoisotopic (exact) mass is 421 g/mol. The molecule has 0 aliphatic rings. The van der Waals surface area contributed by atoms with Crippen LogP contribution in [0.3, 0.4) is 0 Å². The highest BCUT2D eigenvalue weighted by Crippen LogP contribution is 2.20. The lowest BCUT2D eigenvalue weighted by Gasteiger charge is -2.26. The van der Waals surface area contributed by atoms with Crippen LogP contribution in [-0.2, 0) is 11.3 Å². The van der Waals surface area contributed by atoms with E-state index in [4.69, 9.17) is 17.3 Å². The molecule has 0 aliphatic heterocycles. The fourth-order valence-corrected chi connectivity index (χ4v) is 3.03. The number of hydrogen-bond donors (Lipinski definition) is 3. The van der Waals surface area contributed by atoms with Gasteiger partial charge < -0.3 is 16.0 Å². The number of nitrogens with two attached hydrogens (primary N) is 1. The molecule has 2 aromatic rings. The Kier molecular flexibility index (Phi) is 7.50. The van der Waals surface area contributed by atoms with Crippen LogP contribution in [0.15, 0.2) is 33.9 Å². The van der Waals surface area contributed by atoms with Crippen LogP contribution in [0.25, 0.3) is 0 Å². The zero-order valence-corrected chi connectivity index (χ0v) is 17.9. The third-order valence-electron chi connectivity index (χ3n) is 4.17. The number of nitrogen functional groups attached to an aromatic ring is 1. The van der Waals surface area contributed by atoms with E-state index in [1.165, 1.54) is 9.47 Å². The summed E-state index contributed by atoms with van der Waals surface area (Å²) in [7, 11) is 0. The Bertz CT molecular complexity index is 964. The summed E-state index contributed by atoms with van der Waals surface area (Å²) in [6, 6.07) is 6.94. The molecule has 0 saturated heterocycles. The first-order valence-corrected chi connectivity index (χ1v) is 9.90. The van der Waals surface area contributed by atoms with E-state index in [1.807, 2.05) is 27.7 Å². The van der Waals surface area contributed by atoms with Crippen LogP contribution >= 0.6 is 11.6 Å². The molecule has 1 amide bonds. The highest BCUT2D eigenvalue weighted by atomic mass is 35.5. The second-order valence-electron chi connectivity index (χ2n) is 7.76. The number of nitrogens with zero attached hydrogens (tertiary/aromatic N) is 2. The predicted molar refractivity (Wildman–Crippen MR) is 118 cm³/mol. The van der Waals surface area contributed by atoms with Crippen LogP contribution in [-0.4, -0.2) is 28.5 Å². The highest BCUT2D eigenvalue weighted by Gasteiger charge is 2.25. The quantitative estimate of drug-likeness (QED) is 0.606. The van der Waals surface area contributed by atoms with Gasteiger partial charge in [-0.2, -0.15) is 0 Å². The Morgan fingerprint density at radius 1 is 1.17 bits per heavy atom. The predicted octanol–water partition coefficient (Wildman–Crippen LogP) is 2.53. The fraction of sp³-hybridized carbons (Fsp3) is 0.450. The summed E-state index contributed by atoms with van der Waals surface area (Å²) >= 11 is 5.88. The molecule has 9 heteroatoms. The fourth-order valence-electron chi connectivity index (χ4n) is 2.91. The molecule has 29 heavy (non-hydrogen) atoms. The number of H-pyrrole nitrogens is 1. The van der Waals surface area contributed by atoms with E-state index >= 15 is 0 Å². The van der Waals surface area contributed by atoms with Crippen LogP contribution < -0.4 is 27.2 Å². The molecule has 0 atom stereocenters. The molecule has 0 radical (unpaired) electrons. The van der Waals surface area contributed by atoms with E-state index in [9.17, 15) is 14.4 Å². The second kappa shape index (κ2) is 9.65. The van der Waals surface area contributed by atoms with Crippen molar-refractivity contribution < 1.29 is 4.79 Å². The number of amides is 1. The molecule has 0 spiro atoms. The summed E-state index contributed by atoms with van der Waals surface area (Å²) in [5.41, 5.74) is 5.65. The number of anilines is 3. The second-order valence-corrected chi connectivity index (χ2v) is 8.19. The molecule has 0 unspecified atom stereocenters. The van der Waals surface area contributed by atoms with Crippen LogP contribution in [0.5, 0.6) is 0 Å². The lowest BCUT2D eigenvalue weighted by Crippen LogP contribution is -2.44. The Hall–Kier alpha value is -2.74. The minimum absolute atomic E-state index is 0.00172. The first kappa shape index (κ1) is 22.5. The molecule has 2 rings (SSSR count). The first-order chi connectivity index (χ1) is 13.6. The van der Waals surface area contributed by atoms with Crippen molar-refractivity contribution in [1.82, 2.24) is 9.55 Å². The molecule has 0 saturated carbocycles. The third-order valence-corrected chi connectivity index (χ3v) is 4.42. The van der Waals surface area contributed by atoms with Crippen molar-refractivity contribution in [2.75, 3.05) is 29.0 Å². The van der Waals surface area contributed by atoms with E-state index in [1.54, 1.807) is 24.3 Å². The number of benzene rings is 1. The molecule has 1 heterocycles. The smallest absolute Gasteiger partial charge is 0.330 e. The van der Waals surface area contributed by atoms with Gasteiger partial charge in [-0.1, -0.05) is 39.3 Å². The molecule has 0 fully saturated rings. The summed E-state index contributed by atoms with van der Waals surface area (Å²) in [5, 5.41) is 3.61. The number of halogens is 1. The normalized spacial score (nSPS) is 11.1. The van der Waals surface area contributed by atoms with Gasteiger partial charge in [0.1, 0.15) is 5.82 Å². The molecular formula is C20H28ClN5O3. The van der Waals surface area contributed by atoms with Crippen molar-refractivity contribution in [3.05, 3.63) is 50.1 Å². The summed E-state index contributed by atoms with van der Waals surface area (Å²) < 4.78 is 1.30. The number of carbonyl (C=O) groups excluding carboxylic acids is 1. The molecular weight excluding hydrogens is 394 g/mol. The van der Waals surface area contributed by atoms with Gasteiger partial charge in [0.25, 0.3) is 5.56 Å². The van der Waals surface area contributed by atoms with E-state index in [0.717, 1.165) is 5.69 Å². The molecule has 0 aliphatic carbocycles. The average molecular weight is 422 g/mol. The lowest BCUT2D eigenvalue weighted by atomic mass is 10.2. The Morgan fingerprint density at radius 2 is 1.79 bits per heavy atom. The van der Waals surface area contributed by atoms with E-state index in [-0.39, 0.29) is 42.3 Å². The number of hydrogen-bond acceptors (Lipinski definition) is 5. The maximum absolute atomic E-state index is 13.0. The minimum Gasteiger partial charge on any atom is -0.383 e. The highest BCUT2D eigenvalue weighted by molar-refractivity contribution is 6.30. The summed E-state index contributed by atoms with van der Waals surface area (Å²) in [6.45, 7) is 8.31. The number of aromatic amines is 1. The minimum atomic E-state index is -0.673. The Morgan fingerprint density at radius 3 is 2.34 bits per heavy atom. The Balaban J connectivity index is 2.38. The summed E-state index contributed by atoms with van der Waals surface area (Å²) in [5.74, 6) is -0.123. The summed E-state index contributed by atoms with van der Waals surface area (Å²) in [4.78, 5) is 41.4. The molecule has 0 bridgehead atoms. The van der Waals surface area contributed by atoms with Gasteiger partial charge in [-0.25, -0.2) is 4.79 Å². The lowest BCUT2D eigenvalue weighted by molar-refractivity contribution is -0.117. The van der Waals surface area contributed by atoms with Crippen molar-refractivity contribution in [2.24, 2.45) is 11.8 Å². The van der Waals surface area contributed by atoms with Gasteiger partial charge in [-0.3, -0.25) is 19.1 Å². The van der Waals surface area contributed by atoms with Gasteiger partial charge in [-0.05, 0) is 36.1 Å². The van der Waals surface area contributed by atoms with Crippen molar-refractivity contribution in [1.29, 1.82) is 0 Å². The molecule has 1 aromatic heterocycles. The zero-order valence-electron chi connectivity index (χ0n) is 17.2. The van der Waals surface area contributed by atoms with Gasteiger partial charge >= 0.3 is 5.69 Å². The van der Waals surface area contributed by atoms with E-state index < -0.39 is 11.2 Å². The number of carbonyl (C=O) groups is 1. The van der Waals surface area contributed by atoms with Crippen LogP contribution in [0.2, 0.25) is 5.02 Å². The largest absolute Gasteiger partial charge is 0.383 e. The van der Waals surface area contributed by atoms with E-state index in [2.05, 4.69) is 10.3 Å². The van der Waals surface area contributed by atoms with E-state index in [0.29, 0.717) is 11.6 Å². The SMILES string of the molecule is CC(C)CN(C(=O)CNc1ccc(Cl)cc1)c1c(N)n(CC(C)C)c(=O)[nH]c1=O. The summed E-state index contributed by atoms with van der Waals surface area (Å²) in [6.07, 6.45) is 0. The topological polar surface area (TPSA) is 113 Å². The Labute approximate surface area is 174 Å². The van der Waals surface area contributed by atoms with Crippen molar-refractivity contribution >= 4 is 34.7 Å². The van der Waals surface area contributed by atoms with Crippen molar-refractivity contribution in [2.45, 2.75) is 34.2 Å². The molecule has 158 valence electrons. The zero-order chi connectivity index (χ0) is 21.7. The number of nitrogens with one attached hydrogen (secondary N) is 2. The van der Waals surface area contributed by atoms with Crippen LogP contribution in [0.4, 0.5) is 17.2 Å². The van der Waals surface area contributed by atoms with Gasteiger partial charge in [-0.15, -0.1) is 0 Å². The molecule has 4 N–H and O–H groups in total. The third kappa shape index (κ3) is 5.87. The van der Waals surface area contributed by atoms with Crippen molar-refractivity contribution in [3.8, 4) is 0 Å². The number of aromatic nitrogens is 2. The van der Waals surface area contributed by atoms with Crippen LogP contribution in [0.1, 0.15) is 27.7 Å². The van der Waals surface area contributed by atoms with Gasteiger partial charge in [0, 0.05) is 23.8 Å². The van der Waals surface area contributed by atoms with Crippen LogP contribution in [0, 0.1) is 11.8 Å². The molecule has 1 aromatic carbocycles. The van der Waals surface area contributed by atoms with Gasteiger partial charge in [0.05, 0.1) is 6.54 Å². The van der Waals surface area contributed by atoms with Gasteiger partial charge in [0.15, 0.2) is 5.69 Å². The average Bonchev–Trinajstić information content (AvgIpc) is 2.63. The van der Waals surface area contributed by atoms with Gasteiger partial charge in [0.2, 0.25) is 5.91 Å². The first-order valence-electron chi connectivity index (χ1n) is 9.52.